The van der Waals surface area contributed by atoms with Crippen molar-refractivity contribution in [2.45, 2.75) is 57.4 Å². The molecule has 2 amide bonds. The molecule has 1 unspecified atom stereocenters. The van der Waals surface area contributed by atoms with Crippen molar-refractivity contribution in [3.63, 3.8) is 0 Å². The van der Waals surface area contributed by atoms with Crippen LogP contribution in [0.15, 0.2) is 54.6 Å². The van der Waals surface area contributed by atoms with Gasteiger partial charge in [-0.2, -0.15) is 0 Å². The van der Waals surface area contributed by atoms with E-state index in [0.29, 0.717) is 19.0 Å². The first-order valence-corrected chi connectivity index (χ1v) is 10.9. The van der Waals surface area contributed by atoms with Crippen molar-refractivity contribution in [2.24, 2.45) is 5.92 Å². The van der Waals surface area contributed by atoms with Crippen LogP contribution in [0.2, 0.25) is 0 Å². The van der Waals surface area contributed by atoms with Crippen LogP contribution in [0.25, 0.3) is 0 Å². The summed E-state index contributed by atoms with van der Waals surface area (Å²) in [6.45, 7) is 0.566. The van der Waals surface area contributed by atoms with Crippen LogP contribution in [-0.2, 0) is 16.0 Å². The van der Waals surface area contributed by atoms with Crippen LogP contribution in [0.3, 0.4) is 0 Å². The van der Waals surface area contributed by atoms with Crippen LogP contribution in [0.5, 0.6) is 0 Å². The van der Waals surface area contributed by atoms with E-state index in [9.17, 15) is 9.59 Å². The highest BCUT2D eigenvalue weighted by Gasteiger charge is 2.38. The van der Waals surface area contributed by atoms with E-state index >= 15 is 0 Å². The average molecular weight is 391 g/mol. The van der Waals surface area contributed by atoms with E-state index in [1.54, 1.807) is 0 Å². The topological polar surface area (TPSA) is 49.4 Å². The minimum Gasteiger partial charge on any atom is -0.339 e. The van der Waals surface area contributed by atoms with Crippen molar-refractivity contribution in [2.75, 3.05) is 11.9 Å². The largest absolute Gasteiger partial charge is 0.339 e. The summed E-state index contributed by atoms with van der Waals surface area (Å²) in [6.07, 6.45) is 8.19. The Kier molecular flexibility index (Phi) is 6.28. The average Bonchev–Trinajstić information content (AvgIpc) is 2.94. The van der Waals surface area contributed by atoms with E-state index in [1.165, 1.54) is 31.2 Å². The molecule has 152 valence electrons. The van der Waals surface area contributed by atoms with Gasteiger partial charge in [-0.15, -0.1) is 0 Å². The first kappa shape index (κ1) is 19.7. The number of anilines is 1. The van der Waals surface area contributed by atoms with E-state index in [2.05, 4.69) is 23.5 Å². The molecule has 1 saturated carbocycles. The molecule has 29 heavy (non-hydrogen) atoms. The van der Waals surface area contributed by atoms with Gasteiger partial charge in [-0.3, -0.25) is 9.59 Å². The zero-order valence-electron chi connectivity index (χ0n) is 17.0. The highest BCUT2D eigenvalue weighted by molar-refractivity contribution is 5.97. The fourth-order valence-corrected chi connectivity index (χ4v) is 4.68. The quantitative estimate of drug-likeness (QED) is 0.747. The zero-order valence-corrected chi connectivity index (χ0v) is 17.0. The summed E-state index contributed by atoms with van der Waals surface area (Å²) in [6, 6.07) is 18.5. The molecule has 0 aromatic heterocycles. The van der Waals surface area contributed by atoms with Crippen molar-refractivity contribution in [3.05, 3.63) is 65.7 Å². The first-order valence-electron chi connectivity index (χ1n) is 10.9. The maximum Gasteiger partial charge on any atom is 0.229 e. The van der Waals surface area contributed by atoms with E-state index in [-0.39, 0.29) is 17.7 Å². The van der Waals surface area contributed by atoms with Crippen molar-refractivity contribution >= 4 is 17.5 Å². The third-order valence-electron chi connectivity index (χ3n) is 6.31. The molecular formula is C25H30N2O2. The summed E-state index contributed by atoms with van der Waals surface area (Å²) in [5.41, 5.74) is 3.16. The Hall–Kier alpha value is -2.62. The second kappa shape index (κ2) is 9.25. The third kappa shape index (κ3) is 4.87. The monoisotopic (exact) mass is 390 g/mol. The van der Waals surface area contributed by atoms with Crippen molar-refractivity contribution in [1.29, 1.82) is 0 Å². The predicted octanol–water partition coefficient (Wildman–Crippen LogP) is 4.79. The Morgan fingerprint density at radius 3 is 2.38 bits per heavy atom. The van der Waals surface area contributed by atoms with Crippen molar-refractivity contribution in [3.8, 4) is 0 Å². The smallest absolute Gasteiger partial charge is 0.229 e. The van der Waals surface area contributed by atoms with Gasteiger partial charge in [0.2, 0.25) is 11.8 Å². The maximum atomic E-state index is 13.0. The lowest BCUT2D eigenvalue weighted by molar-refractivity contribution is -0.130. The van der Waals surface area contributed by atoms with E-state index in [1.807, 2.05) is 41.3 Å². The molecule has 1 saturated heterocycles. The summed E-state index contributed by atoms with van der Waals surface area (Å²) in [5.74, 6) is -0.139. The van der Waals surface area contributed by atoms with Crippen LogP contribution in [0.1, 0.15) is 56.1 Å². The number of rotatable bonds is 5. The molecule has 2 aromatic rings. The Bertz CT molecular complexity index is 841. The SMILES string of the molecule is O=C(Nc1ccccc1Cc1ccccc1)C1CC(=O)N(C2CCCCCC2)C1. The van der Waals surface area contributed by atoms with Gasteiger partial charge in [0.25, 0.3) is 0 Å². The highest BCUT2D eigenvalue weighted by atomic mass is 16.2. The fourth-order valence-electron chi connectivity index (χ4n) is 4.68. The standard InChI is InChI=1S/C25H30N2O2/c28-24-17-21(18-27(24)22-13-6-1-2-7-14-22)25(29)26-23-15-9-8-12-20(23)16-19-10-4-3-5-11-19/h3-5,8-12,15,21-22H,1-2,6-7,13-14,16-18H2,(H,26,29). The van der Waals surface area contributed by atoms with Gasteiger partial charge in [0.1, 0.15) is 0 Å². The number of nitrogens with zero attached hydrogens (tertiary/aromatic N) is 1. The number of likely N-dealkylation sites (tertiary alicyclic amines) is 1. The summed E-state index contributed by atoms with van der Waals surface area (Å²) < 4.78 is 0. The predicted molar refractivity (Wildman–Crippen MR) is 116 cm³/mol. The number of carbonyl (C=O) groups excluding carboxylic acids is 2. The number of benzene rings is 2. The van der Waals surface area contributed by atoms with Crippen LogP contribution in [-0.4, -0.2) is 29.3 Å². The van der Waals surface area contributed by atoms with Gasteiger partial charge in [0.15, 0.2) is 0 Å². The Balaban J connectivity index is 1.41. The highest BCUT2D eigenvalue weighted by Crippen LogP contribution is 2.29. The van der Waals surface area contributed by atoms with Crippen LogP contribution < -0.4 is 5.32 Å². The second-order valence-electron chi connectivity index (χ2n) is 8.40. The molecule has 1 aliphatic carbocycles. The molecule has 1 atom stereocenters. The molecule has 4 heteroatoms. The summed E-state index contributed by atoms with van der Waals surface area (Å²) in [4.78, 5) is 27.6. The number of hydrogen-bond acceptors (Lipinski definition) is 2. The third-order valence-corrected chi connectivity index (χ3v) is 6.31. The lowest BCUT2D eigenvalue weighted by atomic mass is 10.0. The molecule has 1 heterocycles. The fraction of sp³-hybridized carbons (Fsp3) is 0.440. The first-order chi connectivity index (χ1) is 14.2. The van der Waals surface area contributed by atoms with Crippen molar-refractivity contribution < 1.29 is 9.59 Å². The molecule has 1 N–H and O–H groups in total. The molecule has 0 spiro atoms. The number of amides is 2. The van der Waals surface area contributed by atoms with Crippen molar-refractivity contribution in [1.82, 2.24) is 4.90 Å². The minimum atomic E-state index is -0.254. The molecule has 2 aliphatic rings. The summed E-state index contributed by atoms with van der Waals surface area (Å²) >= 11 is 0. The molecular weight excluding hydrogens is 360 g/mol. The van der Waals surface area contributed by atoms with Gasteiger partial charge >= 0.3 is 0 Å². The van der Waals surface area contributed by atoms with Gasteiger partial charge < -0.3 is 10.2 Å². The molecule has 1 aliphatic heterocycles. The minimum absolute atomic E-state index is 0.0324. The van der Waals surface area contributed by atoms with Gasteiger partial charge in [-0.25, -0.2) is 0 Å². The Morgan fingerprint density at radius 1 is 0.931 bits per heavy atom. The van der Waals surface area contributed by atoms with Gasteiger partial charge in [0, 0.05) is 24.7 Å². The molecule has 0 radical (unpaired) electrons. The summed E-state index contributed by atoms with van der Waals surface area (Å²) in [5, 5.41) is 3.11. The van der Waals surface area contributed by atoms with E-state index in [4.69, 9.17) is 0 Å². The Morgan fingerprint density at radius 2 is 1.62 bits per heavy atom. The van der Waals surface area contributed by atoms with E-state index in [0.717, 1.165) is 30.5 Å². The normalized spacial score (nSPS) is 20.5. The molecule has 4 rings (SSSR count). The van der Waals surface area contributed by atoms with Gasteiger partial charge in [0.05, 0.1) is 5.92 Å². The van der Waals surface area contributed by atoms with Crippen LogP contribution in [0, 0.1) is 5.92 Å². The molecule has 4 nitrogen and oxygen atoms in total. The van der Waals surface area contributed by atoms with Crippen LogP contribution >= 0.6 is 0 Å². The lowest BCUT2D eigenvalue weighted by Crippen LogP contribution is -2.37. The van der Waals surface area contributed by atoms with Gasteiger partial charge in [-0.05, 0) is 36.5 Å². The molecule has 0 bridgehead atoms. The van der Waals surface area contributed by atoms with Crippen LogP contribution in [0.4, 0.5) is 5.69 Å². The lowest BCUT2D eigenvalue weighted by Gasteiger charge is -2.27. The molecule has 2 aromatic carbocycles. The number of hydrogen-bond donors (Lipinski definition) is 1. The maximum absolute atomic E-state index is 13.0. The summed E-state index contributed by atoms with van der Waals surface area (Å²) in [7, 11) is 0. The Labute approximate surface area is 173 Å². The van der Waals surface area contributed by atoms with E-state index < -0.39 is 0 Å². The zero-order chi connectivity index (χ0) is 20.1. The number of para-hydroxylation sites is 1. The molecule has 2 fully saturated rings. The van der Waals surface area contributed by atoms with Gasteiger partial charge in [-0.1, -0.05) is 74.2 Å². The number of nitrogens with one attached hydrogen (secondary N) is 1. The second-order valence-corrected chi connectivity index (χ2v) is 8.40. The number of carbonyl (C=O) groups is 2.